The van der Waals surface area contributed by atoms with E-state index in [9.17, 15) is 4.79 Å². The van der Waals surface area contributed by atoms with Crippen molar-refractivity contribution in [2.24, 2.45) is 17.8 Å². The Balaban J connectivity index is 1.61. The van der Waals surface area contributed by atoms with Gasteiger partial charge in [0.25, 0.3) is 5.91 Å². The first-order chi connectivity index (χ1) is 8.74. The quantitative estimate of drug-likeness (QED) is 0.867. The van der Waals surface area contributed by atoms with E-state index in [-0.39, 0.29) is 5.91 Å². The van der Waals surface area contributed by atoms with Crippen LogP contribution in [0.5, 0.6) is 0 Å². The fourth-order valence-corrected chi connectivity index (χ4v) is 3.89. The summed E-state index contributed by atoms with van der Waals surface area (Å²) in [5, 5.41) is 3.18. The first-order valence-electron chi connectivity index (χ1n) is 7.10. The Kier molecular flexibility index (Phi) is 3.11. The molecule has 0 spiro atoms. The van der Waals surface area contributed by atoms with Gasteiger partial charge in [-0.1, -0.05) is 24.6 Å². The normalized spacial score (nSPS) is 31.3. The second kappa shape index (κ2) is 4.75. The summed E-state index contributed by atoms with van der Waals surface area (Å²) in [5.74, 6) is 2.58. The third kappa shape index (κ3) is 2.16. The zero-order valence-electron chi connectivity index (χ0n) is 10.9. The Bertz CT molecular complexity index is 428. The van der Waals surface area contributed by atoms with E-state index in [4.69, 9.17) is 0 Å². The second-order valence-electron chi connectivity index (χ2n) is 5.97. The highest BCUT2D eigenvalue weighted by Gasteiger charge is 2.42. The maximum atomic E-state index is 12.1. The van der Waals surface area contributed by atoms with Crippen molar-refractivity contribution >= 4 is 5.91 Å². The Hall–Kier alpha value is -1.31. The lowest BCUT2D eigenvalue weighted by molar-refractivity contribution is 0.0915. The molecular formula is C16H21NO. The van der Waals surface area contributed by atoms with Crippen molar-refractivity contribution in [3.63, 3.8) is 0 Å². The highest BCUT2D eigenvalue weighted by Crippen LogP contribution is 2.49. The molecule has 0 heterocycles. The van der Waals surface area contributed by atoms with Crippen LogP contribution in [0.2, 0.25) is 0 Å². The number of nitrogens with one attached hydrogen (secondary N) is 1. The Morgan fingerprint density at radius 3 is 2.61 bits per heavy atom. The van der Waals surface area contributed by atoms with Crippen molar-refractivity contribution < 1.29 is 4.79 Å². The summed E-state index contributed by atoms with van der Waals surface area (Å²) in [4.78, 5) is 12.1. The van der Waals surface area contributed by atoms with Crippen molar-refractivity contribution in [2.45, 2.75) is 38.6 Å². The highest BCUT2D eigenvalue weighted by molar-refractivity contribution is 5.94. The van der Waals surface area contributed by atoms with Crippen LogP contribution in [0.1, 0.15) is 43.0 Å². The smallest absolute Gasteiger partial charge is 0.251 e. The summed E-state index contributed by atoms with van der Waals surface area (Å²) >= 11 is 0. The van der Waals surface area contributed by atoms with Gasteiger partial charge in [-0.05, 0) is 56.1 Å². The molecule has 1 N–H and O–H groups in total. The Morgan fingerprint density at radius 1 is 1.22 bits per heavy atom. The number of carbonyl (C=O) groups excluding carboxylic acids is 1. The highest BCUT2D eigenvalue weighted by atomic mass is 16.1. The third-order valence-electron chi connectivity index (χ3n) is 4.83. The van der Waals surface area contributed by atoms with E-state index >= 15 is 0 Å². The van der Waals surface area contributed by atoms with Crippen molar-refractivity contribution in [3.05, 3.63) is 35.9 Å². The number of carbonyl (C=O) groups is 1. The average Bonchev–Trinajstić information content (AvgIpc) is 3.02. The van der Waals surface area contributed by atoms with Gasteiger partial charge in [-0.2, -0.15) is 0 Å². The number of amides is 1. The molecule has 2 saturated carbocycles. The van der Waals surface area contributed by atoms with Gasteiger partial charge < -0.3 is 5.32 Å². The van der Waals surface area contributed by atoms with Gasteiger partial charge in [0.2, 0.25) is 0 Å². The van der Waals surface area contributed by atoms with E-state index < -0.39 is 0 Å². The van der Waals surface area contributed by atoms with Gasteiger partial charge in [-0.3, -0.25) is 4.79 Å². The van der Waals surface area contributed by atoms with E-state index in [0.717, 1.165) is 17.4 Å². The van der Waals surface area contributed by atoms with Gasteiger partial charge in [-0.15, -0.1) is 0 Å². The molecule has 2 aliphatic rings. The lowest BCUT2D eigenvalue weighted by atomic mass is 9.84. The molecule has 0 radical (unpaired) electrons. The predicted molar refractivity (Wildman–Crippen MR) is 72.3 cm³/mol. The summed E-state index contributed by atoms with van der Waals surface area (Å²) in [7, 11) is 0. The first-order valence-corrected chi connectivity index (χ1v) is 7.10. The molecule has 2 fully saturated rings. The van der Waals surface area contributed by atoms with Gasteiger partial charge >= 0.3 is 0 Å². The van der Waals surface area contributed by atoms with Gasteiger partial charge in [0.05, 0.1) is 0 Å². The van der Waals surface area contributed by atoms with Crippen molar-refractivity contribution in [2.75, 3.05) is 0 Å². The van der Waals surface area contributed by atoms with Crippen LogP contribution in [0, 0.1) is 17.8 Å². The molecule has 18 heavy (non-hydrogen) atoms. The standard InChI is InChI=1S/C16H21NO/c1-11(15-10-12-7-8-14(15)9-12)17-16(18)13-5-3-2-4-6-13/h2-6,11-12,14-15H,7-10H2,1H3,(H,17,18)/t11-,12+,14+,15-/m0/s1. The lowest BCUT2D eigenvalue weighted by Gasteiger charge is -2.28. The molecule has 1 aromatic carbocycles. The molecule has 3 rings (SSSR count). The maximum absolute atomic E-state index is 12.1. The molecule has 0 saturated heterocycles. The van der Waals surface area contributed by atoms with E-state index in [1.807, 2.05) is 30.3 Å². The number of hydrogen-bond acceptors (Lipinski definition) is 1. The van der Waals surface area contributed by atoms with E-state index in [1.54, 1.807) is 0 Å². The van der Waals surface area contributed by atoms with Crippen LogP contribution in [0.3, 0.4) is 0 Å². The average molecular weight is 243 g/mol. The van der Waals surface area contributed by atoms with Gasteiger partial charge in [0, 0.05) is 11.6 Å². The SMILES string of the molecule is C[C@H](NC(=O)c1ccccc1)[C@@H]1C[C@@H]2CC[C@@H]1C2. The number of hydrogen-bond donors (Lipinski definition) is 1. The molecule has 0 aromatic heterocycles. The van der Waals surface area contributed by atoms with Gasteiger partial charge in [-0.25, -0.2) is 0 Å². The Morgan fingerprint density at radius 2 is 2.00 bits per heavy atom. The van der Waals surface area contributed by atoms with Crippen LogP contribution in [0.25, 0.3) is 0 Å². The molecule has 2 bridgehead atoms. The van der Waals surface area contributed by atoms with Crippen LogP contribution in [-0.2, 0) is 0 Å². The van der Waals surface area contributed by atoms with Crippen LogP contribution in [0.15, 0.2) is 30.3 Å². The minimum absolute atomic E-state index is 0.0749. The molecule has 96 valence electrons. The van der Waals surface area contributed by atoms with Gasteiger partial charge in [0.15, 0.2) is 0 Å². The second-order valence-corrected chi connectivity index (χ2v) is 5.97. The molecule has 4 atom stereocenters. The minimum Gasteiger partial charge on any atom is -0.349 e. The van der Waals surface area contributed by atoms with Crippen LogP contribution < -0.4 is 5.32 Å². The van der Waals surface area contributed by atoms with Gasteiger partial charge in [0.1, 0.15) is 0 Å². The van der Waals surface area contributed by atoms with Crippen molar-refractivity contribution in [1.82, 2.24) is 5.32 Å². The summed E-state index contributed by atoms with van der Waals surface area (Å²) in [6, 6.07) is 9.84. The summed E-state index contributed by atoms with van der Waals surface area (Å²) < 4.78 is 0. The molecule has 1 aromatic rings. The Labute approximate surface area is 109 Å². The topological polar surface area (TPSA) is 29.1 Å². The zero-order valence-corrected chi connectivity index (χ0v) is 10.9. The molecular weight excluding hydrogens is 222 g/mol. The lowest BCUT2D eigenvalue weighted by Crippen LogP contribution is -2.40. The molecule has 2 heteroatoms. The number of benzene rings is 1. The van der Waals surface area contributed by atoms with E-state index in [1.165, 1.54) is 25.7 Å². The van der Waals surface area contributed by atoms with Crippen LogP contribution >= 0.6 is 0 Å². The third-order valence-corrected chi connectivity index (χ3v) is 4.83. The fraction of sp³-hybridized carbons (Fsp3) is 0.562. The maximum Gasteiger partial charge on any atom is 0.251 e. The monoisotopic (exact) mass is 243 g/mol. The van der Waals surface area contributed by atoms with E-state index in [2.05, 4.69) is 12.2 Å². The fourth-order valence-electron chi connectivity index (χ4n) is 3.89. The summed E-state index contributed by atoms with van der Waals surface area (Å²) in [6.07, 6.45) is 5.51. The summed E-state index contributed by atoms with van der Waals surface area (Å²) in [5.41, 5.74) is 0.771. The number of rotatable bonds is 3. The van der Waals surface area contributed by atoms with Crippen LogP contribution in [-0.4, -0.2) is 11.9 Å². The molecule has 0 aliphatic heterocycles. The minimum atomic E-state index is 0.0749. The van der Waals surface area contributed by atoms with Crippen molar-refractivity contribution in [3.8, 4) is 0 Å². The largest absolute Gasteiger partial charge is 0.349 e. The molecule has 2 nitrogen and oxygen atoms in total. The molecule has 2 aliphatic carbocycles. The number of fused-ring (bicyclic) bond motifs is 2. The predicted octanol–water partition coefficient (Wildman–Crippen LogP) is 3.24. The van der Waals surface area contributed by atoms with E-state index in [0.29, 0.717) is 12.0 Å². The van der Waals surface area contributed by atoms with Crippen molar-refractivity contribution in [1.29, 1.82) is 0 Å². The zero-order chi connectivity index (χ0) is 12.5. The van der Waals surface area contributed by atoms with Crippen LogP contribution in [0.4, 0.5) is 0 Å². The molecule has 1 amide bonds. The summed E-state index contributed by atoms with van der Waals surface area (Å²) in [6.45, 7) is 2.17. The molecule has 0 unspecified atom stereocenters. The first kappa shape index (κ1) is 11.8.